The number of carboxylic acids is 1. The first kappa shape index (κ1) is 12.8. The van der Waals surface area contributed by atoms with Crippen LogP contribution in [0.15, 0.2) is 12.7 Å². The molecular weight excluding hydrogens is 258 g/mol. The van der Waals surface area contributed by atoms with Crippen LogP contribution in [0.3, 0.4) is 0 Å². The molecule has 1 aliphatic heterocycles. The first-order valence-corrected chi connectivity index (χ1v) is 6.67. The van der Waals surface area contributed by atoms with Gasteiger partial charge in [-0.2, -0.15) is 0 Å². The number of rotatable bonds is 3. The Balaban J connectivity index is 1.98. The normalized spacial score (nSPS) is 22.9. The highest BCUT2D eigenvalue weighted by Crippen LogP contribution is 2.40. The Labute approximate surface area is 116 Å². The fourth-order valence-electron chi connectivity index (χ4n) is 2.90. The molecule has 106 valence electrons. The van der Waals surface area contributed by atoms with Gasteiger partial charge in [-0.1, -0.05) is 13.8 Å². The van der Waals surface area contributed by atoms with Gasteiger partial charge >= 0.3 is 5.97 Å². The van der Waals surface area contributed by atoms with Crippen molar-refractivity contribution < 1.29 is 9.90 Å². The van der Waals surface area contributed by atoms with Crippen LogP contribution >= 0.6 is 0 Å². The minimum Gasteiger partial charge on any atom is -0.481 e. The van der Waals surface area contributed by atoms with E-state index in [0.717, 1.165) is 11.3 Å². The average Bonchev–Trinajstić information content (AvgIpc) is 3.05. The van der Waals surface area contributed by atoms with Gasteiger partial charge in [-0.05, 0) is 12.3 Å². The van der Waals surface area contributed by atoms with Crippen LogP contribution in [0.4, 0.5) is 5.82 Å². The van der Waals surface area contributed by atoms with Gasteiger partial charge in [-0.25, -0.2) is 15.0 Å². The Morgan fingerprint density at radius 1 is 1.45 bits per heavy atom. The average molecular weight is 275 g/mol. The minimum absolute atomic E-state index is 0.0732. The number of carboxylic acid groups (broad SMARTS) is 1. The summed E-state index contributed by atoms with van der Waals surface area (Å²) < 4.78 is 0. The van der Waals surface area contributed by atoms with E-state index in [9.17, 15) is 9.90 Å². The maximum absolute atomic E-state index is 11.7. The Hall–Kier alpha value is -2.18. The summed E-state index contributed by atoms with van der Waals surface area (Å²) in [5, 5.41) is 9.59. The van der Waals surface area contributed by atoms with E-state index < -0.39 is 11.4 Å². The number of hydrogen-bond donors (Lipinski definition) is 2. The molecule has 0 aliphatic carbocycles. The lowest BCUT2D eigenvalue weighted by molar-refractivity contribution is -0.150. The summed E-state index contributed by atoms with van der Waals surface area (Å²) in [7, 11) is 0. The quantitative estimate of drug-likeness (QED) is 0.876. The van der Waals surface area contributed by atoms with Crippen molar-refractivity contribution in [2.75, 3.05) is 18.0 Å². The highest BCUT2D eigenvalue weighted by molar-refractivity contribution is 5.84. The summed E-state index contributed by atoms with van der Waals surface area (Å²) in [5.41, 5.74) is 0.655. The van der Waals surface area contributed by atoms with Crippen LogP contribution in [0.2, 0.25) is 0 Å². The molecule has 0 bridgehead atoms. The number of carbonyl (C=O) groups is 1. The van der Waals surface area contributed by atoms with Gasteiger partial charge < -0.3 is 15.0 Å². The summed E-state index contributed by atoms with van der Waals surface area (Å²) in [6, 6.07) is 0. The van der Waals surface area contributed by atoms with Crippen molar-refractivity contribution in [2.45, 2.75) is 20.3 Å². The molecule has 2 aromatic heterocycles. The summed E-state index contributed by atoms with van der Waals surface area (Å²) in [6.45, 7) is 5.06. The van der Waals surface area contributed by atoms with E-state index in [-0.39, 0.29) is 5.92 Å². The number of imidazole rings is 1. The highest BCUT2D eigenvalue weighted by Gasteiger charge is 2.47. The Kier molecular flexibility index (Phi) is 2.84. The summed E-state index contributed by atoms with van der Waals surface area (Å²) >= 11 is 0. The van der Waals surface area contributed by atoms with Gasteiger partial charge in [-0.15, -0.1) is 0 Å². The molecule has 1 atom stereocenters. The van der Waals surface area contributed by atoms with Gasteiger partial charge in [0.15, 0.2) is 11.5 Å². The lowest BCUT2D eigenvalue weighted by Gasteiger charge is -2.28. The molecular formula is C13H17N5O2. The van der Waals surface area contributed by atoms with Crippen molar-refractivity contribution in [2.24, 2.45) is 11.3 Å². The molecule has 1 saturated heterocycles. The molecule has 0 amide bonds. The molecule has 1 unspecified atom stereocenters. The van der Waals surface area contributed by atoms with Gasteiger partial charge in [0, 0.05) is 13.1 Å². The maximum atomic E-state index is 11.7. The van der Waals surface area contributed by atoms with Crippen molar-refractivity contribution in [1.82, 2.24) is 19.9 Å². The van der Waals surface area contributed by atoms with Crippen LogP contribution in [-0.4, -0.2) is 44.1 Å². The van der Waals surface area contributed by atoms with Crippen LogP contribution < -0.4 is 4.90 Å². The predicted molar refractivity (Wildman–Crippen MR) is 73.4 cm³/mol. The molecule has 0 radical (unpaired) electrons. The Morgan fingerprint density at radius 3 is 2.90 bits per heavy atom. The third kappa shape index (κ3) is 1.73. The van der Waals surface area contributed by atoms with E-state index in [1.54, 1.807) is 6.33 Å². The van der Waals surface area contributed by atoms with Crippen LogP contribution in [0.1, 0.15) is 20.3 Å². The molecule has 7 heteroatoms. The van der Waals surface area contributed by atoms with Gasteiger partial charge in [0.05, 0.1) is 11.7 Å². The molecule has 2 N–H and O–H groups in total. The molecule has 0 spiro atoms. The predicted octanol–water partition coefficient (Wildman–Crippen LogP) is 1.29. The van der Waals surface area contributed by atoms with E-state index in [1.807, 2.05) is 18.7 Å². The Morgan fingerprint density at radius 2 is 2.25 bits per heavy atom. The monoisotopic (exact) mass is 275 g/mol. The topological polar surface area (TPSA) is 95.0 Å². The number of nitrogens with one attached hydrogen (secondary N) is 1. The van der Waals surface area contributed by atoms with E-state index in [2.05, 4.69) is 19.9 Å². The van der Waals surface area contributed by atoms with Crippen molar-refractivity contribution in [1.29, 1.82) is 0 Å². The van der Waals surface area contributed by atoms with E-state index in [1.165, 1.54) is 6.33 Å². The summed E-state index contributed by atoms with van der Waals surface area (Å²) in [4.78, 5) is 29.2. The first-order valence-electron chi connectivity index (χ1n) is 6.67. The largest absolute Gasteiger partial charge is 0.481 e. The van der Waals surface area contributed by atoms with Crippen molar-refractivity contribution >= 4 is 23.0 Å². The van der Waals surface area contributed by atoms with Gasteiger partial charge in [0.1, 0.15) is 11.8 Å². The molecule has 3 rings (SSSR count). The zero-order valence-corrected chi connectivity index (χ0v) is 11.5. The standard InChI is InChI=1S/C13H17N5O2/c1-8(2)13(12(19)20)3-4-18(5-13)11-9-10(15-6-14-9)16-7-17-11/h6-8H,3-5H2,1-2H3,(H,19,20)(H,14,15,16,17). The first-order chi connectivity index (χ1) is 9.54. The molecule has 1 fully saturated rings. The number of fused-ring (bicyclic) bond motifs is 1. The zero-order valence-electron chi connectivity index (χ0n) is 11.5. The smallest absolute Gasteiger partial charge is 0.311 e. The van der Waals surface area contributed by atoms with E-state index in [4.69, 9.17) is 0 Å². The number of H-pyrrole nitrogens is 1. The zero-order chi connectivity index (χ0) is 14.3. The number of nitrogens with zero attached hydrogens (tertiary/aromatic N) is 4. The molecule has 3 heterocycles. The summed E-state index contributed by atoms with van der Waals surface area (Å²) in [5.74, 6) is 0.0743. The molecule has 2 aromatic rings. The molecule has 20 heavy (non-hydrogen) atoms. The molecule has 0 aromatic carbocycles. The number of aromatic nitrogens is 4. The van der Waals surface area contributed by atoms with E-state index in [0.29, 0.717) is 25.2 Å². The lowest BCUT2D eigenvalue weighted by Crippen LogP contribution is -2.39. The second-order valence-electron chi connectivity index (χ2n) is 5.59. The fraction of sp³-hybridized carbons (Fsp3) is 0.538. The van der Waals surface area contributed by atoms with Gasteiger partial charge in [0.2, 0.25) is 0 Å². The summed E-state index contributed by atoms with van der Waals surface area (Å²) in [6.07, 6.45) is 3.67. The van der Waals surface area contributed by atoms with Gasteiger partial charge in [0.25, 0.3) is 0 Å². The fourth-order valence-corrected chi connectivity index (χ4v) is 2.90. The van der Waals surface area contributed by atoms with Crippen LogP contribution in [0, 0.1) is 11.3 Å². The number of anilines is 1. The highest BCUT2D eigenvalue weighted by atomic mass is 16.4. The van der Waals surface area contributed by atoms with Crippen molar-refractivity contribution in [3.63, 3.8) is 0 Å². The van der Waals surface area contributed by atoms with Crippen molar-refractivity contribution in [3.8, 4) is 0 Å². The number of aliphatic carboxylic acids is 1. The number of aromatic amines is 1. The minimum atomic E-state index is -0.732. The SMILES string of the molecule is CC(C)C1(C(=O)O)CCN(c2ncnc3nc[nH]c23)C1. The molecule has 0 saturated carbocycles. The van der Waals surface area contributed by atoms with Crippen LogP contribution in [0.25, 0.3) is 11.2 Å². The van der Waals surface area contributed by atoms with Crippen molar-refractivity contribution in [3.05, 3.63) is 12.7 Å². The van der Waals surface area contributed by atoms with E-state index >= 15 is 0 Å². The number of hydrogen-bond acceptors (Lipinski definition) is 5. The lowest BCUT2D eigenvalue weighted by atomic mass is 9.76. The van der Waals surface area contributed by atoms with Crippen LogP contribution in [-0.2, 0) is 4.79 Å². The maximum Gasteiger partial charge on any atom is 0.311 e. The van der Waals surface area contributed by atoms with Gasteiger partial charge in [-0.3, -0.25) is 4.79 Å². The molecule has 7 nitrogen and oxygen atoms in total. The van der Waals surface area contributed by atoms with Crippen LogP contribution in [0.5, 0.6) is 0 Å². The second-order valence-corrected chi connectivity index (χ2v) is 5.59. The second kappa shape index (κ2) is 4.43. The molecule has 1 aliphatic rings. The third-order valence-electron chi connectivity index (χ3n) is 4.33. The third-order valence-corrected chi connectivity index (χ3v) is 4.33. The Bertz CT molecular complexity index is 653.